The highest BCUT2D eigenvalue weighted by Crippen LogP contribution is 2.47. The van der Waals surface area contributed by atoms with E-state index in [2.05, 4.69) is 27.4 Å². The van der Waals surface area contributed by atoms with Gasteiger partial charge in [-0.3, -0.25) is 0 Å². The minimum Gasteiger partial charge on any atom is -0.319 e. The van der Waals surface area contributed by atoms with Gasteiger partial charge in [-0.15, -0.1) is 0 Å². The molecule has 0 aliphatic heterocycles. The third kappa shape index (κ3) is 2.00. The molecule has 1 aliphatic carbocycles. The zero-order valence-electron chi connectivity index (χ0n) is 9.97. The molecule has 0 atom stereocenters. The lowest BCUT2D eigenvalue weighted by Crippen LogP contribution is -2.21. The average Bonchev–Trinajstić information content (AvgIpc) is 2.91. The van der Waals surface area contributed by atoms with Crippen molar-refractivity contribution in [3.8, 4) is 0 Å². The quantitative estimate of drug-likeness (QED) is 0.745. The van der Waals surface area contributed by atoms with Gasteiger partial charge in [0.15, 0.2) is 0 Å². The van der Waals surface area contributed by atoms with Gasteiger partial charge >= 0.3 is 5.69 Å². The molecule has 1 aromatic heterocycles. The summed E-state index contributed by atoms with van der Waals surface area (Å²) in [7, 11) is 2.01. The first-order valence-corrected chi connectivity index (χ1v) is 6.06. The molecule has 1 saturated carbocycles. The van der Waals surface area contributed by atoms with E-state index in [0.29, 0.717) is 5.41 Å². The second-order valence-electron chi connectivity index (χ2n) is 5.17. The lowest BCUT2D eigenvalue weighted by Gasteiger charge is -2.14. The lowest BCUT2D eigenvalue weighted by molar-refractivity contribution is 0.478. The van der Waals surface area contributed by atoms with Crippen LogP contribution >= 0.6 is 0 Å². The molecule has 1 aromatic carbocycles. The average molecular weight is 231 g/mol. The molecule has 0 radical (unpaired) electrons. The summed E-state index contributed by atoms with van der Waals surface area (Å²) in [6.45, 7) is 1.08. The summed E-state index contributed by atoms with van der Waals surface area (Å²) in [6, 6.07) is 6.18. The zero-order valence-corrected chi connectivity index (χ0v) is 9.97. The molecule has 0 bridgehead atoms. The molecular formula is C13H17N3O. The SMILES string of the molecule is CNCC1(Cc2ccc3[nH]c(=O)[nH]c3c2)CC1. The molecule has 0 saturated heterocycles. The van der Waals surface area contributed by atoms with Gasteiger partial charge in [0.2, 0.25) is 0 Å². The van der Waals surface area contributed by atoms with Crippen LogP contribution in [0.4, 0.5) is 0 Å². The van der Waals surface area contributed by atoms with Crippen LogP contribution in [0.1, 0.15) is 18.4 Å². The molecule has 0 amide bonds. The second-order valence-corrected chi connectivity index (χ2v) is 5.17. The van der Waals surface area contributed by atoms with Crippen molar-refractivity contribution in [3.05, 3.63) is 34.2 Å². The highest BCUT2D eigenvalue weighted by molar-refractivity contribution is 5.75. The lowest BCUT2D eigenvalue weighted by atomic mass is 9.96. The van der Waals surface area contributed by atoms with Crippen molar-refractivity contribution < 1.29 is 0 Å². The van der Waals surface area contributed by atoms with E-state index < -0.39 is 0 Å². The van der Waals surface area contributed by atoms with Gasteiger partial charge in [0.25, 0.3) is 0 Å². The van der Waals surface area contributed by atoms with Crippen LogP contribution in [0.5, 0.6) is 0 Å². The largest absolute Gasteiger partial charge is 0.323 e. The topological polar surface area (TPSA) is 60.7 Å². The molecule has 2 aromatic rings. The highest BCUT2D eigenvalue weighted by Gasteiger charge is 2.41. The Morgan fingerprint density at radius 2 is 2.06 bits per heavy atom. The van der Waals surface area contributed by atoms with Crippen LogP contribution < -0.4 is 11.0 Å². The maximum Gasteiger partial charge on any atom is 0.323 e. The molecule has 17 heavy (non-hydrogen) atoms. The molecular weight excluding hydrogens is 214 g/mol. The van der Waals surface area contributed by atoms with Gasteiger partial charge < -0.3 is 15.3 Å². The van der Waals surface area contributed by atoms with Crippen LogP contribution in [0.2, 0.25) is 0 Å². The summed E-state index contributed by atoms with van der Waals surface area (Å²) in [4.78, 5) is 16.8. The van der Waals surface area contributed by atoms with E-state index in [1.807, 2.05) is 13.1 Å². The van der Waals surface area contributed by atoms with Gasteiger partial charge in [-0.25, -0.2) is 4.79 Å². The first kappa shape index (κ1) is 10.6. The Hall–Kier alpha value is -1.55. The number of fused-ring (bicyclic) bond motifs is 1. The molecule has 0 unspecified atom stereocenters. The Labute approximate surface area is 99.4 Å². The van der Waals surface area contributed by atoms with Gasteiger partial charge in [-0.2, -0.15) is 0 Å². The number of rotatable bonds is 4. The van der Waals surface area contributed by atoms with Crippen molar-refractivity contribution in [1.29, 1.82) is 0 Å². The number of hydrogen-bond acceptors (Lipinski definition) is 2. The van der Waals surface area contributed by atoms with E-state index in [9.17, 15) is 4.79 Å². The Bertz CT molecular complexity index is 592. The molecule has 3 N–H and O–H groups in total. The summed E-state index contributed by atoms with van der Waals surface area (Å²) in [5, 5.41) is 3.27. The van der Waals surface area contributed by atoms with E-state index in [1.165, 1.54) is 18.4 Å². The molecule has 4 nitrogen and oxygen atoms in total. The van der Waals surface area contributed by atoms with E-state index in [0.717, 1.165) is 24.0 Å². The summed E-state index contributed by atoms with van der Waals surface area (Å²) >= 11 is 0. The number of aromatic amines is 2. The van der Waals surface area contributed by atoms with Crippen molar-refractivity contribution in [3.63, 3.8) is 0 Å². The number of benzene rings is 1. The summed E-state index contributed by atoms with van der Waals surface area (Å²) in [6.07, 6.45) is 3.70. The molecule has 1 fully saturated rings. The third-order valence-electron chi connectivity index (χ3n) is 3.67. The van der Waals surface area contributed by atoms with E-state index in [-0.39, 0.29) is 5.69 Å². The van der Waals surface area contributed by atoms with Crippen molar-refractivity contribution in [1.82, 2.24) is 15.3 Å². The number of H-pyrrole nitrogens is 2. The zero-order chi connectivity index (χ0) is 11.9. The van der Waals surface area contributed by atoms with Crippen molar-refractivity contribution >= 4 is 11.0 Å². The van der Waals surface area contributed by atoms with Crippen LogP contribution in [0.15, 0.2) is 23.0 Å². The fraction of sp³-hybridized carbons (Fsp3) is 0.462. The van der Waals surface area contributed by atoms with E-state index in [4.69, 9.17) is 0 Å². The van der Waals surface area contributed by atoms with Crippen LogP contribution in [0.3, 0.4) is 0 Å². The number of nitrogens with one attached hydrogen (secondary N) is 3. The number of imidazole rings is 1. The summed E-state index contributed by atoms with van der Waals surface area (Å²) in [5.41, 5.74) is 3.43. The van der Waals surface area contributed by atoms with Crippen LogP contribution in [-0.4, -0.2) is 23.6 Å². The molecule has 3 rings (SSSR count). The number of aromatic nitrogens is 2. The van der Waals surface area contributed by atoms with E-state index >= 15 is 0 Å². The Morgan fingerprint density at radius 3 is 2.76 bits per heavy atom. The van der Waals surface area contributed by atoms with Crippen molar-refractivity contribution in [2.45, 2.75) is 19.3 Å². The summed E-state index contributed by atoms with van der Waals surface area (Å²) in [5.74, 6) is 0. The standard InChI is InChI=1S/C13H17N3O/c1-14-8-13(4-5-13)7-9-2-3-10-11(6-9)16-12(17)15-10/h2-3,6,14H,4-5,7-8H2,1H3,(H2,15,16,17). The normalized spacial score (nSPS) is 17.5. The fourth-order valence-corrected chi connectivity index (χ4v) is 2.59. The van der Waals surface area contributed by atoms with Gasteiger partial charge in [0, 0.05) is 6.54 Å². The smallest absolute Gasteiger partial charge is 0.319 e. The van der Waals surface area contributed by atoms with Crippen LogP contribution in [0.25, 0.3) is 11.0 Å². The first-order valence-electron chi connectivity index (χ1n) is 6.06. The summed E-state index contributed by atoms with van der Waals surface area (Å²) < 4.78 is 0. The Morgan fingerprint density at radius 1 is 1.29 bits per heavy atom. The monoisotopic (exact) mass is 231 g/mol. The van der Waals surface area contributed by atoms with Gasteiger partial charge in [-0.05, 0) is 49.4 Å². The van der Waals surface area contributed by atoms with Crippen molar-refractivity contribution in [2.24, 2.45) is 5.41 Å². The van der Waals surface area contributed by atoms with Gasteiger partial charge in [0.05, 0.1) is 11.0 Å². The molecule has 1 aliphatic rings. The predicted octanol–water partition coefficient (Wildman–Crippen LogP) is 1.40. The first-order chi connectivity index (χ1) is 8.21. The maximum absolute atomic E-state index is 11.2. The Balaban J connectivity index is 1.88. The van der Waals surface area contributed by atoms with Gasteiger partial charge in [-0.1, -0.05) is 6.07 Å². The van der Waals surface area contributed by atoms with Crippen LogP contribution in [-0.2, 0) is 6.42 Å². The third-order valence-corrected chi connectivity index (χ3v) is 3.67. The fourth-order valence-electron chi connectivity index (χ4n) is 2.59. The second kappa shape index (κ2) is 3.74. The minimum absolute atomic E-state index is 0.131. The van der Waals surface area contributed by atoms with Gasteiger partial charge in [0.1, 0.15) is 0 Å². The Kier molecular flexibility index (Phi) is 2.33. The maximum atomic E-state index is 11.2. The molecule has 90 valence electrons. The molecule has 4 heteroatoms. The molecule has 1 heterocycles. The van der Waals surface area contributed by atoms with Crippen molar-refractivity contribution in [2.75, 3.05) is 13.6 Å². The van der Waals surface area contributed by atoms with E-state index in [1.54, 1.807) is 0 Å². The highest BCUT2D eigenvalue weighted by atomic mass is 16.1. The molecule has 0 spiro atoms. The predicted molar refractivity (Wildman–Crippen MR) is 68.2 cm³/mol. The number of hydrogen-bond donors (Lipinski definition) is 3. The minimum atomic E-state index is -0.131. The van der Waals surface area contributed by atoms with Crippen LogP contribution in [0, 0.1) is 5.41 Å².